The molecule has 2 aromatic rings. The molecule has 2 N–H and O–H groups in total. The number of rotatable bonds is 6. The van der Waals surface area contributed by atoms with Gasteiger partial charge >= 0.3 is 0 Å². The van der Waals surface area contributed by atoms with Gasteiger partial charge in [-0.05, 0) is 31.9 Å². The number of ether oxygens (including phenoxy) is 1. The molecule has 5 heteroatoms. The van der Waals surface area contributed by atoms with E-state index in [0.717, 1.165) is 35.4 Å². The molecule has 0 unspecified atom stereocenters. The summed E-state index contributed by atoms with van der Waals surface area (Å²) in [6, 6.07) is 9.76. The number of methoxy groups -OCH3 is 1. The lowest BCUT2D eigenvalue weighted by Crippen LogP contribution is -2.05. The van der Waals surface area contributed by atoms with Gasteiger partial charge in [0.05, 0.1) is 7.11 Å². The van der Waals surface area contributed by atoms with Crippen LogP contribution in [0, 0.1) is 0 Å². The van der Waals surface area contributed by atoms with E-state index in [4.69, 9.17) is 4.74 Å². The molecule has 21 heavy (non-hydrogen) atoms. The summed E-state index contributed by atoms with van der Waals surface area (Å²) in [5.41, 5.74) is 0.956. The summed E-state index contributed by atoms with van der Waals surface area (Å²) in [5.74, 6) is 3.97. The van der Waals surface area contributed by atoms with Crippen LogP contribution in [0.3, 0.4) is 0 Å². The van der Waals surface area contributed by atoms with Crippen molar-refractivity contribution in [3.8, 4) is 5.75 Å². The van der Waals surface area contributed by atoms with Crippen molar-refractivity contribution in [1.29, 1.82) is 0 Å². The zero-order valence-electron chi connectivity index (χ0n) is 12.4. The maximum Gasteiger partial charge on any atom is 0.136 e. The number of benzene rings is 1. The van der Waals surface area contributed by atoms with Gasteiger partial charge in [-0.25, -0.2) is 9.97 Å². The minimum absolute atomic E-state index is 0.523. The average Bonchev–Trinajstić information content (AvgIpc) is 3.32. The normalized spacial score (nSPS) is 13.8. The zero-order chi connectivity index (χ0) is 14.7. The van der Waals surface area contributed by atoms with E-state index in [-0.39, 0.29) is 0 Å². The second-order valence-corrected chi connectivity index (χ2v) is 5.16. The van der Waals surface area contributed by atoms with E-state index in [1.807, 2.05) is 30.3 Å². The summed E-state index contributed by atoms with van der Waals surface area (Å²) in [7, 11) is 1.66. The third-order valence-electron chi connectivity index (χ3n) is 3.39. The molecule has 0 atom stereocenters. The summed E-state index contributed by atoms with van der Waals surface area (Å²) in [6.07, 6.45) is 2.38. The van der Waals surface area contributed by atoms with Crippen LogP contribution in [-0.4, -0.2) is 23.6 Å². The number of anilines is 3. The monoisotopic (exact) mass is 284 g/mol. The number of aromatic nitrogens is 2. The Morgan fingerprint density at radius 1 is 1.19 bits per heavy atom. The molecule has 110 valence electrons. The Morgan fingerprint density at radius 3 is 2.71 bits per heavy atom. The van der Waals surface area contributed by atoms with E-state index >= 15 is 0 Å². The lowest BCUT2D eigenvalue weighted by molar-refractivity contribution is 0.415. The van der Waals surface area contributed by atoms with E-state index in [0.29, 0.717) is 5.92 Å². The Hall–Kier alpha value is -2.30. The predicted octanol–water partition coefficient (Wildman–Crippen LogP) is 3.54. The third kappa shape index (κ3) is 3.42. The molecule has 3 rings (SSSR count). The molecule has 1 fully saturated rings. The van der Waals surface area contributed by atoms with Crippen molar-refractivity contribution in [3.63, 3.8) is 0 Å². The first-order valence-electron chi connectivity index (χ1n) is 7.32. The molecule has 5 nitrogen and oxygen atoms in total. The van der Waals surface area contributed by atoms with Crippen LogP contribution in [0.2, 0.25) is 0 Å². The van der Waals surface area contributed by atoms with Crippen molar-refractivity contribution in [2.75, 3.05) is 24.3 Å². The molecule has 1 aliphatic carbocycles. The molecule has 1 aromatic heterocycles. The van der Waals surface area contributed by atoms with Crippen molar-refractivity contribution in [3.05, 3.63) is 36.2 Å². The van der Waals surface area contributed by atoms with Crippen LogP contribution in [0.1, 0.15) is 31.5 Å². The molecule has 1 heterocycles. The first-order valence-corrected chi connectivity index (χ1v) is 7.32. The SMILES string of the molecule is CCNc1cc(Nc2cccc(OC)c2)nc(C2CC2)n1. The van der Waals surface area contributed by atoms with Crippen LogP contribution in [0.15, 0.2) is 30.3 Å². The van der Waals surface area contributed by atoms with Crippen LogP contribution in [0.4, 0.5) is 17.3 Å². The first kappa shape index (κ1) is 13.7. The number of nitrogens with zero attached hydrogens (tertiary/aromatic N) is 2. The molecule has 0 saturated heterocycles. The van der Waals surface area contributed by atoms with Gasteiger partial charge in [-0.3, -0.25) is 0 Å². The van der Waals surface area contributed by atoms with Crippen molar-refractivity contribution in [2.45, 2.75) is 25.7 Å². The molecule has 0 amide bonds. The third-order valence-corrected chi connectivity index (χ3v) is 3.39. The molecule has 1 aliphatic rings. The standard InChI is InChI=1S/C16H20N4O/c1-3-17-14-10-15(20-16(19-14)11-7-8-11)18-12-5-4-6-13(9-12)21-2/h4-6,9-11H,3,7-8H2,1-2H3,(H2,17,18,19,20). The highest BCUT2D eigenvalue weighted by Gasteiger charge is 2.27. The first-order chi connectivity index (χ1) is 10.3. The van der Waals surface area contributed by atoms with E-state index in [9.17, 15) is 0 Å². The summed E-state index contributed by atoms with van der Waals surface area (Å²) < 4.78 is 5.24. The van der Waals surface area contributed by atoms with Crippen molar-refractivity contribution in [2.24, 2.45) is 0 Å². The summed E-state index contributed by atoms with van der Waals surface area (Å²) >= 11 is 0. The van der Waals surface area contributed by atoms with Gasteiger partial charge in [-0.2, -0.15) is 0 Å². The molecular formula is C16H20N4O. The topological polar surface area (TPSA) is 59.1 Å². The highest BCUT2D eigenvalue weighted by Crippen LogP contribution is 2.39. The second-order valence-electron chi connectivity index (χ2n) is 5.16. The molecule has 0 aliphatic heterocycles. The average molecular weight is 284 g/mol. The van der Waals surface area contributed by atoms with Crippen LogP contribution in [-0.2, 0) is 0 Å². The second kappa shape index (κ2) is 5.99. The van der Waals surface area contributed by atoms with Gasteiger partial charge in [0.1, 0.15) is 23.2 Å². The quantitative estimate of drug-likeness (QED) is 0.849. The fraction of sp³-hybridized carbons (Fsp3) is 0.375. The maximum atomic E-state index is 5.24. The highest BCUT2D eigenvalue weighted by atomic mass is 16.5. The van der Waals surface area contributed by atoms with Gasteiger partial charge in [0.15, 0.2) is 0 Å². The van der Waals surface area contributed by atoms with Gasteiger partial charge in [-0.15, -0.1) is 0 Å². The molecule has 0 spiro atoms. The van der Waals surface area contributed by atoms with Gasteiger partial charge in [-0.1, -0.05) is 6.07 Å². The van der Waals surface area contributed by atoms with E-state index < -0.39 is 0 Å². The van der Waals surface area contributed by atoms with Crippen molar-refractivity contribution >= 4 is 17.3 Å². The Morgan fingerprint density at radius 2 is 2.00 bits per heavy atom. The molecule has 0 radical (unpaired) electrons. The smallest absolute Gasteiger partial charge is 0.136 e. The van der Waals surface area contributed by atoms with Crippen LogP contribution in [0.25, 0.3) is 0 Å². The van der Waals surface area contributed by atoms with E-state index in [1.54, 1.807) is 7.11 Å². The Labute approximate surface area is 124 Å². The number of nitrogens with one attached hydrogen (secondary N) is 2. The lowest BCUT2D eigenvalue weighted by atomic mass is 10.3. The number of hydrogen-bond acceptors (Lipinski definition) is 5. The maximum absolute atomic E-state index is 5.24. The van der Waals surface area contributed by atoms with E-state index in [1.165, 1.54) is 12.8 Å². The van der Waals surface area contributed by atoms with Crippen molar-refractivity contribution in [1.82, 2.24) is 9.97 Å². The summed E-state index contributed by atoms with van der Waals surface area (Å²) in [5, 5.41) is 6.59. The molecule has 1 aromatic carbocycles. The predicted molar refractivity (Wildman–Crippen MR) is 84.4 cm³/mol. The van der Waals surface area contributed by atoms with Crippen molar-refractivity contribution < 1.29 is 4.74 Å². The van der Waals surface area contributed by atoms with E-state index in [2.05, 4.69) is 27.5 Å². The minimum Gasteiger partial charge on any atom is -0.497 e. The Balaban J connectivity index is 1.85. The van der Waals surface area contributed by atoms with Crippen LogP contribution >= 0.6 is 0 Å². The molecule has 1 saturated carbocycles. The van der Waals surface area contributed by atoms with Gasteiger partial charge in [0.2, 0.25) is 0 Å². The lowest BCUT2D eigenvalue weighted by Gasteiger charge is -2.11. The highest BCUT2D eigenvalue weighted by molar-refractivity contribution is 5.61. The van der Waals surface area contributed by atoms with Gasteiger partial charge in [0, 0.05) is 30.3 Å². The number of hydrogen-bond donors (Lipinski definition) is 2. The minimum atomic E-state index is 0.523. The van der Waals surface area contributed by atoms with Crippen LogP contribution in [0.5, 0.6) is 5.75 Å². The largest absolute Gasteiger partial charge is 0.497 e. The Bertz CT molecular complexity index is 625. The molecular weight excluding hydrogens is 264 g/mol. The zero-order valence-corrected chi connectivity index (χ0v) is 12.4. The van der Waals surface area contributed by atoms with Crippen LogP contribution < -0.4 is 15.4 Å². The fourth-order valence-corrected chi connectivity index (χ4v) is 2.17. The summed E-state index contributed by atoms with van der Waals surface area (Å²) in [6.45, 7) is 2.91. The Kier molecular flexibility index (Phi) is 3.90. The van der Waals surface area contributed by atoms with Gasteiger partial charge in [0.25, 0.3) is 0 Å². The molecule has 0 bridgehead atoms. The van der Waals surface area contributed by atoms with Gasteiger partial charge < -0.3 is 15.4 Å². The fourth-order valence-electron chi connectivity index (χ4n) is 2.17. The summed E-state index contributed by atoms with van der Waals surface area (Å²) in [4.78, 5) is 9.20.